The van der Waals surface area contributed by atoms with Crippen LogP contribution in [0.1, 0.15) is 12.0 Å². The smallest absolute Gasteiger partial charge is 0.328 e. The van der Waals surface area contributed by atoms with Gasteiger partial charge >= 0.3 is 5.69 Å². The molecular formula is C11H15N3O4. The quantitative estimate of drug-likeness (QED) is 0.488. The first kappa shape index (κ1) is 12.6. The lowest BCUT2D eigenvalue weighted by molar-refractivity contribution is 0.140. The summed E-state index contributed by atoms with van der Waals surface area (Å²) in [6, 6.07) is 0. The van der Waals surface area contributed by atoms with Gasteiger partial charge in [0.25, 0.3) is 5.56 Å². The standard InChI is InChI=1S/C11H15N3O4/c15-5-7(6-16)1-2-14-4-8(9-3-12-9)10(17)13-11(14)18/h3-4,7,12,15-16H,1-2,5-6H2,(H,13,17,18). The van der Waals surface area contributed by atoms with Crippen molar-refractivity contribution in [2.45, 2.75) is 13.0 Å². The highest BCUT2D eigenvalue weighted by molar-refractivity contribution is 5.72. The maximum atomic E-state index is 11.6. The highest BCUT2D eigenvalue weighted by atomic mass is 16.3. The second-order valence-corrected chi connectivity index (χ2v) is 4.22. The van der Waals surface area contributed by atoms with Crippen molar-refractivity contribution in [2.75, 3.05) is 13.2 Å². The lowest BCUT2D eigenvalue weighted by atomic mass is 10.1. The molecule has 1 aliphatic rings. The molecule has 0 bridgehead atoms. The molecule has 4 N–H and O–H groups in total. The van der Waals surface area contributed by atoms with Gasteiger partial charge in [0.2, 0.25) is 0 Å². The van der Waals surface area contributed by atoms with Crippen LogP contribution in [-0.2, 0) is 6.54 Å². The normalized spacial score (nSPS) is 13.4. The summed E-state index contributed by atoms with van der Waals surface area (Å²) in [7, 11) is 0. The van der Waals surface area contributed by atoms with Crippen LogP contribution in [0.2, 0.25) is 0 Å². The van der Waals surface area contributed by atoms with E-state index in [2.05, 4.69) is 10.3 Å². The predicted octanol–water partition coefficient (Wildman–Crippen LogP) is -1.57. The molecule has 0 saturated carbocycles. The van der Waals surface area contributed by atoms with Gasteiger partial charge in [-0.3, -0.25) is 14.3 Å². The minimum Gasteiger partial charge on any atom is -0.396 e. The Bertz CT molecular complexity index is 568. The van der Waals surface area contributed by atoms with Crippen LogP contribution in [0.25, 0.3) is 5.70 Å². The number of aliphatic hydroxyl groups is 2. The number of H-pyrrole nitrogens is 1. The molecule has 0 aromatic carbocycles. The Labute approximate surface area is 102 Å². The number of hydrogen-bond donors (Lipinski definition) is 4. The van der Waals surface area contributed by atoms with Gasteiger partial charge in [-0.15, -0.1) is 0 Å². The number of nitrogens with one attached hydrogen (secondary N) is 2. The fourth-order valence-electron chi connectivity index (χ4n) is 1.62. The molecular weight excluding hydrogens is 238 g/mol. The van der Waals surface area contributed by atoms with Gasteiger partial charge in [-0.25, -0.2) is 4.79 Å². The zero-order valence-corrected chi connectivity index (χ0v) is 9.72. The molecule has 2 heterocycles. The van der Waals surface area contributed by atoms with Crippen molar-refractivity contribution in [1.29, 1.82) is 0 Å². The molecule has 0 radical (unpaired) electrons. The Balaban J connectivity index is 2.17. The Kier molecular flexibility index (Phi) is 3.63. The number of rotatable bonds is 6. The first-order valence-electron chi connectivity index (χ1n) is 5.68. The van der Waals surface area contributed by atoms with E-state index < -0.39 is 11.2 Å². The van der Waals surface area contributed by atoms with Crippen molar-refractivity contribution < 1.29 is 10.2 Å². The topological polar surface area (TPSA) is 117 Å². The molecule has 0 saturated heterocycles. The molecule has 7 heteroatoms. The zero-order chi connectivity index (χ0) is 13.1. The van der Waals surface area contributed by atoms with Gasteiger partial charge in [0.05, 0.1) is 11.3 Å². The van der Waals surface area contributed by atoms with E-state index in [1.807, 2.05) is 0 Å². The molecule has 0 unspecified atom stereocenters. The average molecular weight is 253 g/mol. The Morgan fingerprint density at radius 3 is 2.50 bits per heavy atom. The van der Waals surface area contributed by atoms with Crippen molar-refractivity contribution in [2.24, 2.45) is 5.92 Å². The minimum atomic E-state index is -0.486. The van der Waals surface area contributed by atoms with Gasteiger partial charge in [-0.1, -0.05) is 0 Å². The van der Waals surface area contributed by atoms with Crippen LogP contribution in [-0.4, -0.2) is 33.0 Å². The van der Waals surface area contributed by atoms with Crippen LogP contribution in [0.15, 0.2) is 22.0 Å². The van der Waals surface area contributed by atoms with Gasteiger partial charge in [0.15, 0.2) is 0 Å². The maximum Gasteiger partial charge on any atom is 0.328 e. The SMILES string of the molecule is O=c1[nH]c(=O)n(CCC(CO)CO)cc1C1=CN1. The highest BCUT2D eigenvalue weighted by Crippen LogP contribution is 2.13. The molecule has 0 spiro atoms. The lowest BCUT2D eigenvalue weighted by Crippen LogP contribution is -2.32. The Morgan fingerprint density at radius 2 is 1.94 bits per heavy atom. The van der Waals surface area contributed by atoms with E-state index in [0.717, 1.165) is 0 Å². The van der Waals surface area contributed by atoms with Crippen molar-refractivity contribution in [3.8, 4) is 0 Å². The summed E-state index contributed by atoms with van der Waals surface area (Å²) in [4.78, 5) is 25.3. The van der Waals surface area contributed by atoms with Crippen LogP contribution < -0.4 is 16.6 Å². The number of aliphatic hydroxyl groups excluding tert-OH is 2. The van der Waals surface area contributed by atoms with Crippen LogP contribution in [0.4, 0.5) is 0 Å². The summed E-state index contributed by atoms with van der Waals surface area (Å²) in [6.45, 7) is 0.0734. The largest absolute Gasteiger partial charge is 0.396 e. The van der Waals surface area contributed by atoms with E-state index in [4.69, 9.17) is 10.2 Å². The first-order valence-corrected chi connectivity index (χ1v) is 5.68. The second kappa shape index (κ2) is 5.19. The van der Waals surface area contributed by atoms with E-state index in [9.17, 15) is 9.59 Å². The van der Waals surface area contributed by atoms with Crippen LogP contribution >= 0.6 is 0 Å². The summed E-state index contributed by atoms with van der Waals surface area (Å²) in [5.41, 5.74) is 0.206. The number of aromatic nitrogens is 2. The molecule has 0 amide bonds. The third-order valence-electron chi connectivity index (χ3n) is 2.88. The highest BCUT2D eigenvalue weighted by Gasteiger charge is 2.16. The molecule has 1 aromatic rings. The van der Waals surface area contributed by atoms with Crippen LogP contribution in [0, 0.1) is 5.92 Å². The molecule has 0 fully saturated rings. The van der Waals surface area contributed by atoms with E-state index in [1.165, 1.54) is 10.8 Å². The molecule has 18 heavy (non-hydrogen) atoms. The van der Waals surface area contributed by atoms with Gasteiger partial charge in [0.1, 0.15) is 0 Å². The number of aryl methyl sites for hydroxylation is 1. The summed E-state index contributed by atoms with van der Waals surface area (Å²) >= 11 is 0. The minimum absolute atomic E-state index is 0.131. The zero-order valence-electron chi connectivity index (χ0n) is 9.72. The van der Waals surface area contributed by atoms with Crippen molar-refractivity contribution in [3.05, 3.63) is 38.8 Å². The summed E-state index contributed by atoms with van der Waals surface area (Å²) < 4.78 is 1.37. The van der Waals surface area contributed by atoms with Gasteiger partial charge in [-0.05, 0) is 6.42 Å². The van der Waals surface area contributed by atoms with Crippen molar-refractivity contribution >= 4 is 5.70 Å². The van der Waals surface area contributed by atoms with Gasteiger partial charge in [0, 0.05) is 38.1 Å². The summed E-state index contributed by atoms with van der Waals surface area (Å²) in [5, 5.41) is 20.7. The van der Waals surface area contributed by atoms with Crippen molar-refractivity contribution in [3.63, 3.8) is 0 Å². The molecule has 1 aliphatic heterocycles. The molecule has 7 nitrogen and oxygen atoms in total. The second-order valence-electron chi connectivity index (χ2n) is 4.22. The third kappa shape index (κ3) is 2.69. The summed E-state index contributed by atoms with van der Waals surface area (Å²) in [5.74, 6) is -0.259. The Morgan fingerprint density at radius 1 is 1.28 bits per heavy atom. The van der Waals surface area contributed by atoms with Crippen LogP contribution in [0.5, 0.6) is 0 Å². The predicted molar refractivity (Wildman–Crippen MR) is 64.7 cm³/mol. The van der Waals surface area contributed by atoms with Crippen molar-refractivity contribution in [1.82, 2.24) is 14.9 Å². The number of hydrogen-bond acceptors (Lipinski definition) is 5. The van der Waals surface area contributed by atoms with E-state index in [0.29, 0.717) is 24.2 Å². The molecule has 0 atom stereocenters. The lowest BCUT2D eigenvalue weighted by Gasteiger charge is -2.11. The van der Waals surface area contributed by atoms with E-state index in [1.54, 1.807) is 6.20 Å². The Hall–Kier alpha value is -1.86. The average Bonchev–Trinajstić information content (AvgIpc) is 3.17. The fraction of sp³-hybridized carbons (Fsp3) is 0.455. The van der Waals surface area contributed by atoms with E-state index >= 15 is 0 Å². The fourth-order valence-corrected chi connectivity index (χ4v) is 1.62. The first-order chi connectivity index (χ1) is 8.65. The third-order valence-corrected chi connectivity index (χ3v) is 2.88. The number of nitrogens with zero attached hydrogens (tertiary/aromatic N) is 1. The van der Waals surface area contributed by atoms with Gasteiger partial charge in [-0.2, -0.15) is 0 Å². The van der Waals surface area contributed by atoms with Crippen LogP contribution in [0.3, 0.4) is 0 Å². The molecule has 1 aromatic heterocycles. The van der Waals surface area contributed by atoms with E-state index in [-0.39, 0.29) is 19.1 Å². The summed E-state index contributed by atoms with van der Waals surface area (Å²) in [6.07, 6.45) is 3.62. The molecule has 2 rings (SSSR count). The van der Waals surface area contributed by atoms with Gasteiger partial charge < -0.3 is 15.5 Å². The molecule has 0 aliphatic carbocycles. The number of aromatic amines is 1. The monoisotopic (exact) mass is 253 g/mol. The maximum absolute atomic E-state index is 11.6. The molecule has 98 valence electrons.